The fourth-order valence-corrected chi connectivity index (χ4v) is 1.66. The van der Waals surface area contributed by atoms with Gasteiger partial charge in [-0.05, 0) is 44.9 Å². The van der Waals surface area contributed by atoms with Crippen LogP contribution < -0.4 is 5.73 Å². The van der Waals surface area contributed by atoms with E-state index >= 15 is 0 Å². The third-order valence-corrected chi connectivity index (χ3v) is 2.51. The van der Waals surface area contributed by atoms with Crippen LogP contribution in [0.4, 0.5) is 0 Å². The van der Waals surface area contributed by atoms with E-state index in [1.807, 2.05) is 0 Å². The average molecular weight is 316 g/mol. The Hall–Kier alpha value is -1.59. The van der Waals surface area contributed by atoms with E-state index in [0.717, 1.165) is 5.56 Å². The Morgan fingerprint density at radius 2 is 1.90 bits per heavy atom. The van der Waals surface area contributed by atoms with Crippen molar-refractivity contribution in [1.29, 1.82) is 0 Å². The summed E-state index contributed by atoms with van der Waals surface area (Å²) in [5.74, 6) is -0.876. The van der Waals surface area contributed by atoms with Crippen LogP contribution in [0.3, 0.4) is 0 Å². The van der Waals surface area contributed by atoms with Crippen LogP contribution >= 0.6 is 12.4 Å². The topological polar surface area (TPSA) is 78.6 Å². The van der Waals surface area contributed by atoms with E-state index in [9.17, 15) is 9.59 Å². The molecule has 0 saturated carbocycles. The Balaban J connectivity index is 0.00000400. The number of esters is 2. The molecule has 0 saturated heterocycles. The minimum absolute atomic E-state index is 0. The van der Waals surface area contributed by atoms with Crippen molar-refractivity contribution < 1.29 is 19.1 Å². The lowest BCUT2D eigenvalue weighted by Crippen LogP contribution is -2.38. The molecule has 1 rings (SSSR count). The van der Waals surface area contributed by atoms with Gasteiger partial charge in [0, 0.05) is 0 Å². The summed E-state index contributed by atoms with van der Waals surface area (Å²) in [7, 11) is 1.32. The van der Waals surface area contributed by atoms with Crippen molar-refractivity contribution in [2.75, 3.05) is 7.11 Å². The van der Waals surface area contributed by atoms with Gasteiger partial charge in [0.1, 0.15) is 11.6 Å². The molecule has 2 N–H and O–H groups in total. The first-order chi connectivity index (χ1) is 9.23. The van der Waals surface area contributed by atoms with E-state index in [1.54, 1.807) is 45.0 Å². The monoisotopic (exact) mass is 315 g/mol. The molecule has 5 nitrogen and oxygen atoms in total. The zero-order valence-electron chi connectivity index (χ0n) is 12.7. The van der Waals surface area contributed by atoms with Crippen molar-refractivity contribution in [3.05, 3.63) is 35.4 Å². The number of rotatable bonds is 4. The SMILES string of the molecule is COC(=O)c1cccc(C[C@@H](N)C(=O)OC(C)(C)C)c1.Cl. The standard InChI is InChI=1S/C15H21NO4.ClH/c1-15(2,3)20-14(18)12(16)9-10-6-5-7-11(8-10)13(17)19-4;/h5-8,12H,9,16H2,1-4H3;1H/t12-;/m1./s1. The molecule has 0 bridgehead atoms. The number of methoxy groups -OCH3 is 1. The molecule has 0 aliphatic carbocycles. The first-order valence-electron chi connectivity index (χ1n) is 6.38. The van der Waals surface area contributed by atoms with E-state index in [1.165, 1.54) is 7.11 Å². The lowest BCUT2D eigenvalue weighted by Gasteiger charge is -2.22. The number of carbonyl (C=O) groups excluding carboxylic acids is 2. The first kappa shape index (κ1) is 19.4. The normalized spacial score (nSPS) is 12.0. The molecular formula is C15H22ClNO4. The molecule has 0 unspecified atom stereocenters. The molecule has 118 valence electrons. The number of halogens is 1. The quantitative estimate of drug-likeness (QED) is 0.861. The van der Waals surface area contributed by atoms with Crippen LogP contribution in [0.2, 0.25) is 0 Å². The van der Waals surface area contributed by atoms with E-state index in [-0.39, 0.29) is 12.4 Å². The number of carbonyl (C=O) groups is 2. The summed E-state index contributed by atoms with van der Waals surface area (Å²) in [5.41, 5.74) is 6.47. The second kappa shape index (κ2) is 8.00. The molecule has 1 aromatic carbocycles. The highest BCUT2D eigenvalue weighted by Crippen LogP contribution is 2.12. The predicted molar refractivity (Wildman–Crippen MR) is 82.6 cm³/mol. The van der Waals surface area contributed by atoms with Gasteiger partial charge in [0.15, 0.2) is 0 Å². The second-order valence-electron chi connectivity index (χ2n) is 5.54. The van der Waals surface area contributed by atoms with Crippen molar-refractivity contribution in [1.82, 2.24) is 0 Å². The fraction of sp³-hybridized carbons (Fsp3) is 0.467. The molecule has 0 heterocycles. The van der Waals surface area contributed by atoms with Gasteiger partial charge in [0.2, 0.25) is 0 Å². The van der Waals surface area contributed by atoms with Crippen molar-refractivity contribution in [2.45, 2.75) is 38.8 Å². The van der Waals surface area contributed by atoms with Gasteiger partial charge in [-0.1, -0.05) is 12.1 Å². The van der Waals surface area contributed by atoms with Crippen LogP contribution in [0.25, 0.3) is 0 Å². The molecule has 0 amide bonds. The Morgan fingerprint density at radius 1 is 1.29 bits per heavy atom. The number of hydrogen-bond acceptors (Lipinski definition) is 5. The van der Waals surface area contributed by atoms with Crippen LogP contribution in [0.15, 0.2) is 24.3 Å². The summed E-state index contributed by atoms with van der Waals surface area (Å²) >= 11 is 0. The van der Waals surface area contributed by atoms with Crippen LogP contribution in [-0.2, 0) is 20.7 Å². The highest BCUT2D eigenvalue weighted by Gasteiger charge is 2.22. The Kier molecular flexibility index (Phi) is 7.39. The highest BCUT2D eigenvalue weighted by molar-refractivity contribution is 5.89. The van der Waals surface area contributed by atoms with Gasteiger partial charge in [-0.2, -0.15) is 0 Å². The van der Waals surface area contributed by atoms with Gasteiger partial charge in [-0.3, -0.25) is 4.79 Å². The maximum atomic E-state index is 11.8. The van der Waals surface area contributed by atoms with E-state index in [4.69, 9.17) is 10.5 Å². The maximum absolute atomic E-state index is 11.8. The summed E-state index contributed by atoms with van der Waals surface area (Å²) in [6.07, 6.45) is 0.305. The number of nitrogens with two attached hydrogens (primary N) is 1. The molecule has 0 spiro atoms. The smallest absolute Gasteiger partial charge is 0.337 e. The van der Waals surface area contributed by atoms with Crippen molar-refractivity contribution in [3.8, 4) is 0 Å². The largest absolute Gasteiger partial charge is 0.465 e. The Labute approximate surface area is 131 Å². The third kappa shape index (κ3) is 6.60. The molecule has 0 aliphatic rings. The van der Waals surface area contributed by atoms with Gasteiger partial charge in [-0.25, -0.2) is 4.79 Å². The molecule has 0 radical (unpaired) electrons. The summed E-state index contributed by atoms with van der Waals surface area (Å²) < 4.78 is 9.86. The molecule has 6 heteroatoms. The summed E-state index contributed by atoms with van der Waals surface area (Å²) in [6, 6.07) is 6.08. The predicted octanol–water partition coefficient (Wildman–Crippen LogP) is 2.11. The minimum atomic E-state index is -0.762. The van der Waals surface area contributed by atoms with E-state index in [0.29, 0.717) is 12.0 Å². The maximum Gasteiger partial charge on any atom is 0.337 e. The third-order valence-electron chi connectivity index (χ3n) is 2.51. The van der Waals surface area contributed by atoms with Crippen LogP contribution in [0.1, 0.15) is 36.7 Å². The van der Waals surface area contributed by atoms with Crippen LogP contribution in [-0.4, -0.2) is 30.7 Å². The molecule has 1 aromatic rings. The number of ether oxygens (including phenoxy) is 2. The van der Waals surface area contributed by atoms with Crippen molar-refractivity contribution in [2.24, 2.45) is 5.73 Å². The Bertz CT molecular complexity index is 497. The van der Waals surface area contributed by atoms with Crippen molar-refractivity contribution >= 4 is 24.3 Å². The number of benzene rings is 1. The van der Waals surface area contributed by atoms with E-state index in [2.05, 4.69) is 4.74 Å². The zero-order valence-corrected chi connectivity index (χ0v) is 13.5. The molecule has 0 aromatic heterocycles. The summed E-state index contributed by atoms with van der Waals surface area (Å²) in [5, 5.41) is 0. The zero-order chi connectivity index (χ0) is 15.3. The molecule has 0 aliphatic heterocycles. The fourth-order valence-electron chi connectivity index (χ4n) is 1.66. The lowest BCUT2D eigenvalue weighted by atomic mass is 10.0. The van der Waals surface area contributed by atoms with Crippen LogP contribution in [0.5, 0.6) is 0 Å². The molecule has 21 heavy (non-hydrogen) atoms. The van der Waals surface area contributed by atoms with Gasteiger partial charge in [0.05, 0.1) is 12.7 Å². The average Bonchev–Trinajstić information content (AvgIpc) is 2.36. The lowest BCUT2D eigenvalue weighted by molar-refractivity contribution is -0.156. The van der Waals surface area contributed by atoms with E-state index < -0.39 is 23.6 Å². The highest BCUT2D eigenvalue weighted by atomic mass is 35.5. The Morgan fingerprint density at radius 3 is 2.43 bits per heavy atom. The molecular weight excluding hydrogens is 294 g/mol. The molecule has 1 atom stereocenters. The van der Waals surface area contributed by atoms with Crippen LogP contribution in [0, 0.1) is 0 Å². The van der Waals surface area contributed by atoms with Gasteiger partial charge < -0.3 is 15.2 Å². The number of hydrogen-bond donors (Lipinski definition) is 1. The minimum Gasteiger partial charge on any atom is -0.465 e. The summed E-state index contributed by atoms with van der Waals surface area (Å²) in [4.78, 5) is 23.2. The van der Waals surface area contributed by atoms with Gasteiger partial charge in [0.25, 0.3) is 0 Å². The first-order valence-corrected chi connectivity index (χ1v) is 6.38. The van der Waals surface area contributed by atoms with Gasteiger partial charge >= 0.3 is 11.9 Å². The second-order valence-corrected chi connectivity index (χ2v) is 5.54. The summed E-state index contributed by atoms with van der Waals surface area (Å²) in [6.45, 7) is 5.36. The van der Waals surface area contributed by atoms with Gasteiger partial charge in [-0.15, -0.1) is 12.4 Å². The molecule has 0 fully saturated rings. The van der Waals surface area contributed by atoms with Crippen molar-refractivity contribution in [3.63, 3.8) is 0 Å².